The van der Waals surface area contributed by atoms with Crippen LogP contribution in [0.4, 0.5) is 11.4 Å². The molecule has 48 heavy (non-hydrogen) atoms. The second-order valence-corrected chi connectivity index (χ2v) is 12.2. The first kappa shape index (κ1) is 27.9. The van der Waals surface area contributed by atoms with Crippen molar-refractivity contribution in [2.75, 3.05) is 4.90 Å². The summed E-state index contributed by atoms with van der Waals surface area (Å²) in [5.74, 6) is 0. The Kier molecular flexibility index (Phi) is 6.86. The minimum Gasteiger partial charge on any atom is -0.455 e. The molecule has 7 aromatic carbocycles. The van der Waals surface area contributed by atoms with Gasteiger partial charge in [-0.2, -0.15) is 0 Å². The molecule has 0 radical (unpaired) electrons. The number of allylic oxidation sites excluding steroid dienone is 1. The highest BCUT2D eigenvalue weighted by molar-refractivity contribution is 6.25. The van der Waals surface area contributed by atoms with Crippen molar-refractivity contribution in [2.45, 2.75) is 6.04 Å². The van der Waals surface area contributed by atoms with Crippen molar-refractivity contribution < 1.29 is 4.42 Å². The quantitative estimate of drug-likeness (QED) is 0.174. The van der Waals surface area contributed by atoms with Gasteiger partial charge in [-0.25, -0.2) is 0 Å². The molecular formula is C46H31NO. The van der Waals surface area contributed by atoms with Gasteiger partial charge in [-0.15, -0.1) is 5.73 Å². The Balaban J connectivity index is 1.29. The Labute approximate surface area is 279 Å². The molecule has 1 aliphatic carbocycles. The molecule has 0 saturated carbocycles. The molecule has 0 N–H and O–H groups in total. The summed E-state index contributed by atoms with van der Waals surface area (Å²) in [6.07, 6.45) is 6.66. The van der Waals surface area contributed by atoms with Gasteiger partial charge in [0, 0.05) is 22.2 Å². The Morgan fingerprint density at radius 3 is 1.90 bits per heavy atom. The molecule has 0 spiro atoms. The summed E-state index contributed by atoms with van der Waals surface area (Å²) < 4.78 is 6.84. The average Bonchev–Trinajstić information content (AvgIpc) is 3.57. The lowest BCUT2D eigenvalue weighted by Gasteiger charge is -2.31. The minimum absolute atomic E-state index is 0.0702. The van der Waals surface area contributed by atoms with E-state index >= 15 is 0 Å². The van der Waals surface area contributed by atoms with E-state index in [1.54, 1.807) is 0 Å². The largest absolute Gasteiger partial charge is 0.455 e. The number of hydrogen-bond acceptors (Lipinski definition) is 2. The van der Waals surface area contributed by atoms with Crippen molar-refractivity contribution in [2.24, 2.45) is 0 Å². The summed E-state index contributed by atoms with van der Waals surface area (Å²) in [6, 6.07) is 57.7. The third-order valence-electron chi connectivity index (χ3n) is 9.32. The van der Waals surface area contributed by atoms with Crippen molar-refractivity contribution in [1.82, 2.24) is 0 Å². The fourth-order valence-corrected chi connectivity index (χ4v) is 7.03. The summed E-state index contributed by atoms with van der Waals surface area (Å²) >= 11 is 0. The van der Waals surface area contributed by atoms with Crippen molar-refractivity contribution >= 4 is 49.7 Å². The first-order chi connectivity index (χ1) is 23.8. The molecule has 1 aliphatic rings. The van der Waals surface area contributed by atoms with Gasteiger partial charge in [-0.1, -0.05) is 140 Å². The molecule has 1 unspecified atom stereocenters. The fourth-order valence-electron chi connectivity index (χ4n) is 7.03. The number of hydrogen-bond donors (Lipinski definition) is 0. The summed E-state index contributed by atoms with van der Waals surface area (Å²) in [6.45, 7) is 0. The van der Waals surface area contributed by atoms with Crippen molar-refractivity contribution in [3.63, 3.8) is 0 Å². The maximum atomic E-state index is 6.84. The molecule has 1 atom stereocenters. The van der Waals surface area contributed by atoms with E-state index in [1.165, 1.54) is 21.9 Å². The van der Waals surface area contributed by atoms with Crippen LogP contribution in [0.2, 0.25) is 0 Å². The van der Waals surface area contributed by atoms with E-state index in [4.69, 9.17) is 4.42 Å². The van der Waals surface area contributed by atoms with Crippen LogP contribution in [0, 0.1) is 0 Å². The highest BCUT2D eigenvalue weighted by atomic mass is 16.3. The number of furan rings is 1. The summed E-state index contributed by atoms with van der Waals surface area (Å²) in [4.78, 5) is 2.42. The topological polar surface area (TPSA) is 16.4 Å². The number of nitrogens with zero attached hydrogens (tertiary/aromatic N) is 1. The molecule has 2 heteroatoms. The predicted octanol–water partition coefficient (Wildman–Crippen LogP) is 12.4. The summed E-state index contributed by atoms with van der Waals surface area (Å²) in [7, 11) is 0. The van der Waals surface area contributed by atoms with Crippen LogP contribution < -0.4 is 4.90 Å². The van der Waals surface area contributed by atoms with E-state index in [0.717, 1.165) is 55.6 Å². The fraction of sp³-hybridized carbons (Fsp3) is 0.0217. The van der Waals surface area contributed by atoms with Crippen LogP contribution in [-0.2, 0) is 0 Å². The molecule has 0 bridgehead atoms. The second kappa shape index (κ2) is 11.8. The SMILES string of the molecule is C1=CC(N(c2ccc(-c3ccccc3)cc2)c2cccc3oc4c(-c5ccccc5)cc5ccccc5c4c23)C=CC=1c1ccccc1. The minimum atomic E-state index is -0.0702. The van der Waals surface area contributed by atoms with Crippen LogP contribution in [0.25, 0.3) is 60.5 Å². The molecule has 2 nitrogen and oxygen atoms in total. The Morgan fingerprint density at radius 2 is 1.19 bits per heavy atom. The smallest absolute Gasteiger partial charge is 0.143 e. The lowest BCUT2D eigenvalue weighted by atomic mass is 9.95. The van der Waals surface area contributed by atoms with E-state index < -0.39 is 0 Å². The van der Waals surface area contributed by atoms with Gasteiger partial charge in [0.25, 0.3) is 0 Å². The standard InChI is InChI=1S/C46H31NO/c1-4-13-32(14-5-1)34-23-27-38(28-24-34)47(39-29-25-35(26-30-39)33-15-6-2-7-16-33)42-21-12-22-43-45(42)44-40-20-11-10-19-37(40)31-41(46(44)48-43)36-17-8-3-9-18-36/h1-25,27-31,39H. The molecule has 8 aromatic rings. The third kappa shape index (κ3) is 4.84. The van der Waals surface area contributed by atoms with E-state index in [2.05, 4.69) is 187 Å². The first-order valence-electron chi connectivity index (χ1n) is 16.4. The molecular weight excluding hydrogens is 583 g/mol. The highest BCUT2D eigenvalue weighted by Gasteiger charge is 2.25. The van der Waals surface area contributed by atoms with Crippen LogP contribution in [0.1, 0.15) is 5.56 Å². The molecule has 1 aromatic heterocycles. The number of benzene rings is 7. The molecule has 0 amide bonds. The van der Waals surface area contributed by atoms with Crippen LogP contribution in [0.15, 0.2) is 192 Å². The maximum absolute atomic E-state index is 6.84. The molecule has 1 heterocycles. The van der Waals surface area contributed by atoms with E-state index in [-0.39, 0.29) is 6.04 Å². The summed E-state index contributed by atoms with van der Waals surface area (Å²) in [5, 5.41) is 4.60. The van der Waals surface area contributed by atoms with Gasteiger partial charge < -0.3 is 9.32 Å². The predicted molar refractivity (Wildman–Crippen MR) is 202 cm³/mol. The first-order valence-corrected chi connectivity index (χ1v) is 16.4. The number of rotatable bonds is 6. The van der Waals surface area contributed by atoms with Crippen molar-refractivity contribution in [3.8, 4) is 22.3 Å². The molecule has 9 rings (SSSR count). The zero-order chi connectivity index (χ0) is 31.9. The Morgan fingerprint density at radius 1 is 0.542 bits per heavy atom. The number of anilines is 2. The van der Waals surface area contributed by atoms with Crippen LogP contribution in [-0.4, -0.2) is 6.04 Å². The monoisotopic (exact) mass is 613 g/mol. The third-order valence-corrected chi connectivity index (χ3v) is 9.32. The second-order valence-electron chi connectivity index (χ2n) is 12.2. The normalized spacial score (nSPS) is 14.1. The van der Waals surface area contributed by atoms with E-state index in [0.29, 0.717) is 0 Å². The van der Waals surface area contributed by atoms with Gasteiger partial charge in [-0.3, -0.25) is 0 Å². The maximum Gasteiger partial charge on any atom is 0.143 e. The average molecular weight is 614 g/mol. The number of fused-ring (bicyclic) bond motifs is 5. The highest BCUT2D eigenvalue weighted by Crippen LogP contribution is 2.46. The van der Waals surface area contributed by atoms with Crippen LogP contribution in [0.3, 0.4) is 0 Å². The lowest BCUT2D eigenvalue weighted by Crippen LogP contribution is -2.28. The Hall–Kier alpha value is -6.34. The van der Waals surface area contributed by atoms with E-state index in [1.807, 2.05) is 6.07 Å². The van der Waals surface area contributed by atoms with Crippen molar-refractivity contribution in [1.29, 1.82) is 0 Å². The van der Waals surface area contributed by atoms with Gasteiger partial charge in [0.1, 0.15) is 11.2 Å². The molecule has 0 aliphatic heterocycles. The van der Waals surface area contributed by atoms with Crippen molar-refractivity contribution in [3.05, 3.63) is 193 Å². The van der Waals surface area contributed by atoms with Gasteiger partial charge >= 0.3 is 0 Å². The van der Waals surface area contributed by atoms with Crippen LogP contribution >= 0.6 is 0 Å². The van der Waals surface area contributed by atoms with Gasteiger partial charge in [0.15, 0.2) is 0 Å². The molecule has 0 saturated heterocycles. The van der Waals surface area contributed by atoms with Crippen LogP contribution in [0.5, 0.6) is 0 Å². The van der Waals surface area contributed by atoms with Gasteiger partial charge in [0.05, 0.1) is 17.1 Å². The zero-order valence-corrected chi connectivity index (χ0v) is 26.3. The van der Waals surface area contributed by atoms with Gasteiger partial charge in [0.2, 0.25) is 0 Å². The zero-order valence-electron chi connectivity index (χ0n) is 26.3. The lowest BCUT2D eigenvalue weighted by molar-refractivity contribution is 0.670. The van der Waals surface area contributed by atoms with E-state index in [9.17, 15) is 0 Å². The molecule has 226 valence electrons. The van der Waals surface area contributed by atoms with Gasteiger partial charge in [-0.05, 0) is 75.5 Å². The Bertz CT molecular complexity index is 2520. The summed E-state index contributed by atoms with van der Waals surface area (Å²) in [5.41, 5.74) is 14.4. The molecule has 0 fully saturated rings.